The zero-order valence-electron chi connectivity index (χ0n) is 12.0. The van der Waals surface area contributed by atoms with Gasteiger partial charge in [0.15, 0.2) is 5.78 Å². The smallest absolute Gasteiger partial charge is 0.155 e. The molecule has 2 heteroatoms. The average molecular weight is 252 g/mol. The fourth-order valence-electron chi connectivity index (χ4n) is 1.91. The second kappa shape index (κ2) is 11.2. The first-order chi connectivity index (χ1) is 8.56. The molecule has 0 saturated heterocycles. The summed E-state index contributed by atoms with van der Waals surface area (Å²) >= 11 is 0. The van der Waals surface area contributed by atoms with Crippen LogP contribution in [0.5, 0.6) is 0 Å². The predicted molar refractivity (Wildman–Crippen MR) is 76.6 cm³/mol. The fourth-order valence-corrected chi connectivity index (χ4v) is 1.91. The largest absolute Gasteiger partial charge is 0.300 e. The summed E-state index contributed by atoms with van der Waals surface area (Å²) in [6.07, 6.45) is 9.62. The highest BCUT2D eigenvalue weighted by molar-refractivity contribution is 5.88. The van der Waals surface area contributed by atoms with Crippen LogP contribution in [0.1, 0.15) is 71.6 Å². The van der Waals surface area contributed by atoms with Gasteiger partial charge in [-0.25, -0.2) is 0 Å². The van der Waals surface area contributed by atoms with Crippen molar-refractivity contribution in [3.63, 3.8) is 0 Å². The highest BCUT2D eigenvalue weighted by Gasteiger charge is 2.03. The van der Waals surface area contributed by atoms with E-state index in [-0.39, 0.29) is 5.78 Å². The lowest BCUT2D eigenvalue weighted by Crippen LogP contribution is -1.99. The molecule has 0 unspecified atom stereocenters. The summed E-state index contributed by atoms with van der Waals surface area (Å²) in [4.78, 5) is 22.5. The first-order valence-electron chi connectivity index (χ1n) is 7.23. The summed E-state index contributed by atoms with van der Waals surface area (Å²) in [7, 11) is 0. The summed E-state index contributed by atoms with van der Waals surface area (Å²) in [5, 5.41) is 0. The van der Waals surface area contributed by atoms with Gasteiger partial charge in [0, 0.05) is 19.3 Å². The number of rotatable bonds is 12. The van der Waals surface area contributed by atoms with Crippen LogP contribution >= 0.6 is 0 Å². The van der Waals surface area contributed by atoms with E-state index in [1.807, 2.05) is 0 Å². The van der Waals surface area contributed by atoms with Gasteiger partial charge in [0.1, 0.15) is 5.78 Å². The molecule has 0 rings (SSSR count). The normalized spacial score (nSPS) is 10.6. The van der Waals surface area contributed by atoms with Crippen LogP contribution in [0.25, 0.3) is 0 Å². The van der Waals surface area contributed by atoms with Crippen molar-refractivity contribution in [2.45, 2.75) is 71.6 Å². The molecule has 18 heavy (non-hydrogen) atoms. The Morgan fingerprint density at radius 3 is 2.06 bits per heavy atom. The minimum Gasteiger partial charge on any atom is -0.300 e. The Labute approximate surface area is 112 Å². The molecule has 0 aromatic heterocycles. The Morgan fingerprint density at radius 2 is 1.50 bits per heavy atom. The molecular formula is C16H28O2. The highest BCUT2D eigenvalue weighted by atomic mass is 16.1. The zero-order chi connectivity index (χ0) is 13.8. The number of carbonyl (C=O) groups excluding carboxylic acids is 2. The summed E-state index contributed by atoms with van der Waals surface area (Å²) in [5.74, 6) is 1.22. The van der Waals surface area contributed by atoms with Crippen LogP contribution in [0.15, 0.2) is 12.7 Å². The fraction of sp³-hybridized carbons (Fsp3) is 0.750. The Hall–Kier alpha value is -0.920. The molecule has 0 saturated carbocycles. The molecule has 0 atom stereocenters. The van der Waals surface area contributed by atoms with E-state index in [4.69, 9.17) is 0 Å². The molecule has 0 aliphatic heterocycles. The lowest BCUT2D eigenvalue weighted by atomic mass is 10.0. The number of unbranched alkanes of at least 4 members (excludes halogenated alkanes) is 3. The molecule has 104 valence electrons. The molecule has 0 amide bonds. The molecule has 2 nitrogen and oxygen atoms in total. The highest BCUT2D eigenvalue weighted by Crippen LogP contribution is 2.11. The van der Waals surface area contributed by atoms with E-state index in [0.717, 1.165) is 44.9 Å². The molecule has 0 aliphatic carbocycles. The molecule has 0 heterocycles. The third-order valence-corrected chi connectivity index (χ3v) is 3.09. The van der Waals surface area contributed by atoms with Crippen LogP contribution < -0.4 is 0 Å². The Kier molecular flexibility index (Phi) is 10.6. The first-order valence-corrected chi connectivity index (χ1v) is 7.23. The summed E-state index contributed by atoms with van der Waals surface area (Å²) in [6, 6.07) is 0. The van der Waals surface area contributed by atoms with Gasteiger partial charge in [0.2, 0.25) is 0 Å². The maximum atomic E-state index is 11.5. The van der Waals surface area contributed by atoms with Crippen molar-refractivity contribution in [2.24, 2.45) is 5.92 Å². The van der Waals surface area contributed by atoms with Gasteiger partial charge in [0.05, 0.1) is 0 Å². The maximum absolute atomic E-state index is 11.5. The second-order valence-corrected chi connectivity index (χ2v) is 5.41. The van der Waals surface area contributed by atoms with Crippen molar-refractivity contribution < 1.29 is 9.59 Å². The minimum atomic E-state index is 0.125. The van der Waals surface area contributed by atoms with E-state index < -0.39 is 0 Å². The third-order valence-electron chi connectivity index (χ3n) is 3.09. The molecule has 0 bridgehead atoms. The predicted octanol–water partition coefficient (Wildman–Crippen LogP) is 4.48. The zero-order valence-corrected chi connectivity index (χ0v) is 12.0. The molecular weight excluding hydrogens is 224 g/mol. The third kappa shape index (κ3) is 11.6. The lowest BCUT2D eigenvalue weighted by molar-refractivity contribution is -0.119. The molecule has 0 fully saturated rings. The van der Waals surface area contributed by atoms with Crippen molar-refractivity contribution >= 4 is 11.6 Å². The van der Waals surface area contributed by atoms with Crippen LogP contribution in [0.4, 0.5) is 0 Å². The lowest BCUT2D eigenvalue weighted by Gasteiger charge is -2.04. The van der Waals surface area contributed by atoms with E-state index >= 15 is 0 Å². The molecule has 0 N–H and O–H groups in total. The van der Waals surface area contributed by atoms with Crippen LogP contribution in [0.3, 0.4) is 0 Å². The Balaban J connectivity index is 3.30. The number of ketones is 2. The Bertz CT molecular complexity index is 254. The number of hydrogen-bond acceptors (Lipinski definition) is 2. The maximum Gasteiger partial charge on any atom is 0.155 e. The number of carbonyl (C=O) groups is 2. The van der Waals surface area contributed by atoms with Crippen LogP contribution in [0, 0.1) is 5.92 Å². The molecule has 0 spiro atoms. The van der Waals surface area contributed by atoms with E-state index in [1.165, 1.54) is 6.08 Å². The second-order valence-electron chi connectivity index (χ2n) is 5.41. The average Bonchev–Trinajstić information content (AvgIpc) is 2.32. The van der Waals surface area contributed by atoms with Crippen LogP contribution in [-0.4, -0.2) is 11.6 Å². The van der Waals surface area contributed by atoms with Crippen LogP contribution in [0.2, 0.25) is 0 Å². The topological polar surface area (TPSA) is 34.1 Å². The van der Waals surface area contributed by atoms with Gasteiger partial charge >= 0.3 is 0 Å². The van der Waals surface area contributed by atoms with Gasteiger partial charge in [-0.3, -0.25) is 9.59 Å². The minimum absolute atomic E-state index is 0.125. The molecule has 0 aromatic carbocycles. The van der Waals surface area contributed by atoms with Gasteiger partial charge in [-0.2, -0.15) is 0 Å². The van der Waals surface area contributed by atoms with E-state index in [9.17, 15) is 9.59 Å². The quantitative estimate of drug-likeness (QED) is 0.379. The molecule has 0 radical (unpaired) electrons. The monoisotopic (exact) mass is 252 g/mol. The van der Waals surface area contributed by atoms with Crippen molar-refractivity contribution in [3.05, 3.63) is 12.7 Å². The van der Waals surface area contributed by atoms with Gasteiger partial charge in [-0.1, -0.05) is 39.7 Å². The van der Waals surface area contributed by atoms with Gasteiger partial charge in [0.25, 0.3) is 0 Å². The van der Waals surface area contributed by atoms with Crippen molar-refractivity contribution in [1.82, 2.24) is 0 Å². The van der Waals surface area contributed by atoms with Gasteiger partial charge in [-0.05, 0) is 31.3 Å². The number of hydrogen-bond donors (Lipinski definition) is 0. The van der Waals surface area contributed by atoms with E-state index in [2.05, 4.69) is 20.4 Å². The van der Waals surface area contributed by atoms with Gasteiger partial charge in [-0.15, -0.1) is 0 Å². The summed E-state index contributed by atoms with van der Waals surface area (Å²) in [5.41, 5.74) is 0. The summed E-state index contributed by atoms with van der Waals surface area (Å²) in [6.45, 7) is 7.82. The van der Waals surface area contributed by atoms with Crippen molar-refractivity contribution in [3.8, 4) is 0 Å². The molecule has 0 aliphatic rings. The number of Topliss-reactive ketones (excluding diaryl/α,β-unsaturated/α-hetero) is 1. The van der Waals surface area contributed by atoms with E-state index in [0.29, 0.717) is 24.5 Å². The standard InChI is InChI=1S/C16H28O2/c1-4-15(17)11-7-5-6-8-12-16(18)13-9-10-14(2)3/h4,14H,1,5-13H2,2-3H3. The van der Waals surface area contributed by atoms with Crippen molar-refractivity contribution in [2.75, 3.05) is 0 Å². The van der Waals surface area contributed by atoms with Crippen LogP contribution in [-0.2, 0) is 9.59 Å². The Morgan fingerprint density at radius 1 is 0.944 bits per heavy atom. The van der Waals surface area contributed by atoms with Gasteiger partial charge < -0.3 is 0 Å². The SMILES string of the molecule is C=CC(=O)CCCCCCC(=O)CCCC(C)C. The van der Waals surface area contributed by atoms with E-state index in [1.54, 1.807) is 0 Å². The summed E-state index contributed by atoms with van der Waals surface area (Å²) < 4.78 is 0. The molecule has 0 aromatic rings. The van der Waals surface area contributed by atoms with Crippen molar-refractivity contribution in [1.29, 1.82) is 0 Å². The number of allylic oxidation sites excluding steroid dienone is 1. The first kappa shape index (κ1) is 17.1.